The van der Waals surface area contributed by atoms with Gasteiger partial charge < -0.3 is 10.2 Å². The Hall–Kier alpha value is -3.14. The van der Waals surface area contributed by atoms with Crippen LogP contribution in [0.15, 0.2) is 72.8 Å². The van der Waals surface area contributed by atoms with Gasteiger partial charge in [0.1, 0.15) is 11.9 Å². The molecule has 0 fully saturated rings. The van der Waals surface area contributed by atoms with E-state index in [0.29, 0.717) is 21.3 Å². The van der Waals surface area contributed by atoms with Gasteiger partial charge in [-0.25, -0.2) is 12.8 Å². The van der Waals surface area contributed by atoms with Crippen molar-refractivity contribution in [1.82, 2.24) is 10.2 Å². The first-order chi connectivity index (χ1) is 19.9. The number of sulfonamides is 1. The third-order valence-electron chi connectivity index (χ3n) is 6.88. The molecule has 0 spiro atoms. The number of amides is 2. The highest BCUT2D eigenvalue weighted by Crippen LogP contribution is 2.25. The smallest absolute Gasteiger partial charge is 0.243 e. The van der Waals surface area contributed by atoms with Crippen LogP contribution in [-0.2, 0) is 32.6 Å². The van der Waals surface area contributed by atoms with Gasteiger partial charge in [0.15, 0.2) is 0 Å². The minimum Gasteiger partial charge on any atom is -0.352 e. The van der Waals surface area contributed by atoms with Crippen LogP contribution in [-0.4, -0.2) is 50.0 Å². The maximum atomic E-state index is 13.9. The fourth-order valence-electron chi connectivity index (χ4n) is 4.44. The van der Waals surface area contributed by atoms with E-state index in [1.54, 1.807) is 18.2 Å². The highest BCUT2D eigenvalue weighted by atomic mass is 35.5. The Morgan fingerprint density at radius 2 is 1.62 bits per heavy atom. The zero-order valence-corrected chi connectivity index (χ0v) is 26.2. The second-order valence-electron chi connectivity index (χ2n) is 10.2. The van der Waals surface area contributed by atoms with E-state index in [1.807, 2.05) is 44.2 Å². The van der Waals surface area contributed by atoms with E-state index in [-0.39, 0.29) is 50.2 Å². The molecule has 2 amide bonds. The molecule has 1 N–H and O–H groups in total. The van der Waals surface area contributed by atoms with E-state index < -0.39 is 21.9 Å². The van der Waals surface area contributed by atoms with Crippen LogP contribution in [0.1, 0.15) is 44.2 Å². The Kier molecular flexibility index (Phi) is 12.2. The van der Waals surface area contributed by atoms with Crippen molar-refractivity contribution in [3.8, 4) is 0 Å². The molecule has 2 atom stereocenters. The van der Waals surface area contributed by atoms with Crippen molar-refractivity contribution in [3.05, 3.63) is 99.8 Å². The lowest BCUT2D eigenvalue weighted by atomic mass is 10.0. The number of carbonyl (C=O) groups is 2. The van der Waals surface area contributed by atoms with Crippen LogP contribution in [0.5, 0.6) is 0 Å². The minimum atomic E-state index is -3.70. The van der Waals surface area contributed by atoms with Crippen molar-refractivity contribution >= 4 is 50.7 Å². The van der Waals surface area contributed by atoms with Crippen LogP contribution in [0.4, 0.5) is 10.1 Å². The predicted octanol–water partition coefficient (Wildman–Crippen LogP) is 6.23. The lowest BCUT2D eigenvalue weighted by molar-refractivity contribution is -0.141. The molecule has 0 aliphatic carbocycles. The van der Waals surface area contributed by atoms with Crippen LogP contribution < -0.4 is 9.62 Å². The Balaban J connectivity index is 1.91. The summed E-state index contributed by atoms with van der Waals surface area (Å²) in [4.78, 5) is 29.0. The second-order valence-corrected chi connectivity index (χ2v) is 12.9. The summed E-state index contributed by atoms with van der Waals surface area (Å²) < 4.78 is 39.6. The molecule has 0 radical (unpaired) electrons. The first-order valence-corrected chi connectivity index (χ1v) is 16.3. The zero-order valence-electron chi connectivity index (χ0n) is 23.9. The number of halogens is 3. The lowest BCUT2D eigenvalue weighted by Crippen LogP contribution is -2.52. The molecule has 0 bridgehead atoms. The lowest BCUT2D eigenvalue weighted by Gasteiger charge is -2.33. The maximum Gasteiger partial charge on any atom is 0.243 e. The quantitative estimate of drug-likeness (QED) is 0.227. The van der Waals surface area contributed by atoms with Gasteiger partial charge in [-0.3, -0.25) is 13.9 Å². The van der Waals surface area contributed by atoms with Gasteiger partial charge in [-0.2, -0.15) is 0 Å². The van der Waals surface area contributed by atoms with E-state index in [4.69, 9.17) is 23.2 Å². The van der Waals surface area contributed by atoms with E-state index >= 15 is 0 Å². The number of benzene rings is 3. The Morgan fingerprint density at radius 1 is 0.952 bits per heavy atom. The van der Waals surface area contributed by atoms with Crippen LogP contribution in [0.25, 0.3) is 0 Å². The maximum absolute atomic E-state index is 13.9. The van der Waals surface area contributed by atoms with Gasteiger partial charge in [-0.15, -0.1) is 0 Å². The molecular formula is C31H36Cl2FN3O4S. The largest absolute Gasteiger partial charge is 0.352 e. The molecule has 3 aromatic carbocycles. The summed E-state index contributed by atoms with van der Waals surface area (Å²) in [5.41, 5.74) is 1.87. The summed E-state index contributed by atoms with van der Waals surface area (Å²) in [6.07, 6.45) is 2.20. The molecule has 226 valence electrons. The van der Waals surface area contributed by atoms with E-state index in [9.17, 15) is 22.4 Å². The first kappa shape index (κ1) is 33.4. The number of anilines is 1. The molecule has 0 unspecified atom stereocenters. The molecule has 3 rings (SSSR count). The van der Waals surface area contributed by atoms with Crippen molar-refractivity contribution in [1.29, 1.82) is 0 Å². The van der Waals surface area contributed by atoms with Crippen molar-refractivity contribution < 1.29 is 22.4 Å². The van der Waals surface area contributed by atoms with Crippen LogP contribution in [0.2, 0.25) is 10.0 Å². The Labute approximate surface area is 257 Å². The summed E-state index contributed by atoms with van der Waals surface area (Å²) in [6.45, 7) is 3.95. The molecule has 0 saturated heterocycles. The minimum absolute atomic E-state index is 0.000758. The van der Waals surface area contributed by atoms with Crippen molar-refractivity contribution in [3.63, 3.8) is 0 Å². The highest BCUT2D eigenvalue weighted by Gasteiger charge is 2.31. The van der Waals surface area contributed by atoms with E-state index in [0.717, 1.165) is 22.5 Å². The van der Waals surface area contributed by atoms with Gasteiger partial charge in [0.2, 0.25) is 21.8 Å². The van der Waals surface area contributed by atoms with Crippen LogP contribution >= 0.6 is 23.2 Å². The van der Waals surface area contributed by atoms with Crippen molar-refractivity contribution in [2.45, 2.75) is 58.2 Å². The molecule has 0 aromatic heterocycles. The number of nitrogens with one attached hydrogen (secondary N) is 1. The third-order valence-corrected chi connectivity index (χ3v) is 8.81. The average molecular weight is 637 g/mol. The van der Waals surface area contributed by atoms with Crippen LogP contribution in [0.3, 0.4) is 0 Å². The highest BCUT2D eigenvalue weighted by molar-refractivity contribution is 7.92. The predicted molar refractivity (Wildman–Crippen MR) is 167 cm³/mol. The number of nitrogens with zero attached hydrogens (tertiary/aromatic N) is 2. The fourth-order valence-corrected chi connectivity index (χ4v) is 5.73. The second kappa shape index (κ2) is 15.4. The average Bonchev–Trinajstić information content (AvgIpc) is 2.95. The first-order valence-electron chi connectivity index (χ1n) is 13.7. The van der Waals surface area contributed by atoms with Gasteiger partial charge in [-0.05, 0) is 67.3 Å². The normalized spacial score (nSPS) is 12.8. The van der Waals surface area contributed by atoms with Crippen LogP contribution in [0, 0.1) is 5.82 Å². The van der Waals surface area contributed by atoms with Crippen molar-refractivity contribution in [2.75, 3.05) is 17.1 Å². The van der Waals surface area contributed by atoms with Gasteiger partial charge in [-0.1, -0.05) is 66.5 Å². The summed E-state index contributed by atoms with van der Waals surface area (Å²) in [7, 11) is -3.70. The van der Waals surface area contributed by atoms with Gasteiger partial charge in [0, 0.05) is 32.0 Å². The van der Waals surface area contributed by atoms with E-state index in [2.05, 4.69) is 5.32 Å². The monoisotopic (exact) mass is 635 g/mol. The van der Waals surface area contributed by atoms with E-state index in [1.165, 1.54) is 29.2 Å². The molecule has 0 saturated carbocycles. The molecular weight excluding hydrogens is 600 g/mol. The van der Waals surface area contributed by atoms with Gasteiger partial charge in [0.25, 0.3) is 0 Å². The fraction of sp³-hybridized carbons (Fsp3) is 0.355. The zero-order chi connectivity index (χ0) is 30.9. The molecule has 3 aromatic rings. The van der Waals surface area contributed by atoms with Crippen molar-refractivity contribution in [2.24, 2.45) is 0 Å². The van der Waals surface area contributed by atoms with Gasteiger partial charge >= 0.3 is 0 Å². The summed E-state index contributed by atoms with van der Waals surface area (Å²) in [6, 6.07) is 18.7. The SMILES string of the molecule is CC[C@@H](C)NC(=O)[C@@H](Cc1ccccc1)N(Cc1ccc(Cl)c(Cl)c1)C(=O)CCCN(c1ccc(F)cc1)S(C)(=O)=O. The molecule has 0 aliphatic heterocycles. The number of hydrogen-bond acceptors (Lipinski definition) is 4. The Bertz CT molecular complexity index is 1460. The molecule has 7 nitrogen and oxygen atoms in total. The number of hydrogen-bond donors (Lipinski definition) is 1. The standard InChI is InChI=1S/C31H36Cl2FN3O4S/c1-4-22(2)35-31(39)29(20-23-9-6-5-7-10-23)36(21-24-12-17-27(32)28(33)19-24)30(38)11-8-18-37(42(3,40)41)26-15-13-25(34)14-16-26/h5-7,9-10,12-17,19,22,29H,4,8,11,18,20-21H2,1-3H3,(H,35,39)/t22-,29-/m1/s1. The van der Waals surface area contributed by atoms with Gasteiger partial charge in [0.05, 0.1) is 22.0 Å². The Morgan fingerprint density at radius 3 is 2.21 bits per heavy atom. The molecule has 42 heavy (non-hydrogen) atoms. The summed E-state index contributed by atoms with van der Waals surface area (Å²) >= 11 is 12.4. The topological polar surface area (TPSA) is 86.8 Å². The summed E-state index contributed by atoms with van der Waals surface area (Å²) in [5, 5.41) is 3.71. The molecule has 11 heteroatoms. The number of rotatable bonds is 14. The summed E-state index contributed by atoms with van der Waals surface area (Å²) in [5.74, 6) is -1.10. The number of carbonyl (C=O) groups excluding carboxylic acids is 2. The molecule has 0 aliphatic rings. The molecule has 0 heterocycles. The third kappa shape index (κ3) is 9.71.